The molecule has 0 heterocycles. The minimum atomic E-state index is -3.94. The van der Waals surface area contributed by atoms with Gasteiger partial charge in [0.25, 0.3) is 15.9 Å². The lowest BCUT2D eigenvalue weighted by Crippen LogP contribution is -2.30. The molecular formula is C23H21FN2O3S. The van der Waals surface area contributed by atoms with Crippen LogP contribution >= 0.6 is 0 Å². The van der Waals surface area contributed by atoms with E-state index in [0.717, 1.165) is 17.7 Å². The van der Waals surface area contributed by atoms with Gasteiger partial charge in [-0.15, -0.1) is 6.58 Å². The third kappa shape index (κ3) is 5.33. The van der Waals surface area contributed by atoms with Crippen molar-refractivity contribution in [3.8, 4) is 0 Å². The van der Waals surface area contributed by atoms with Crippen molar-refractivity contribution >= 4 is 21.6 Å². The summed E-state index contributed by atoms with van der Waals surface area (Å²) >= 11 is 0. The Kier molecular flexibility index (Phi) is 6.64. The largest absolute Gasteiger partial charge is 0.331 e. The van der Waals surface area contributed by atoms with Crippen LogP contribution in [0, 0.1) is 5.82 Å². The number of hydrogen-bond acceptors (Lipinski definition) is 3. The van der Waals surface area contributed by atoms with Gasteiger partial charge >= 0.3 is 0 Å². The summed E-state index contributed by atoms with van der Waals surface area (Å²) in [5.41, 5.74) is 1.43. The molecule has 0 aliphatic rings. The second-order valence-electron chi connectivity index (χ2n) is 6.60. The third-order valence-corrected chi connectivity index (χ3v) is 5.72. The maximum absolute atomic E-state index is 13.1. The highest BCUT2D eigenvalue weighted by atomic mass is 32.2. The monoisotopic (exact) mass is 424 g/mol. The normalized spacial score (nSPS) is 11.0. The minimum absolute atomic E-state index is 0.0593. The molecule has 0 aliphatic carbocycles. The molecule has 0 aromatic heterocycles. The number of amides is 1. The van der Waals surface area contributed by atoms with Crippen molar-refractivity contribution in [2.24, 2.45) is 0 Å². The summed E-state index contributed by atoms with van der Waals surface area (Å²) in [5, 5.41) is 0. The van der Waals surface area contributed by atoms with Crippen molar-refractivity contribution in [3.05, 3.63) is 108 Å². The summed E-state index contributed by atoms with van der Waals surface area (Å²) in [5.74, 6) is -0.774. The highest BCUT2D eigenvalue weighted by Crippen LogP contribution is 2.19. The first kappa shape index (κ1) is 21.3. The first-order valence-corrected chi connectivity index (χ1v) is 10.7. The fourth-order valence-electron chi connectivity index (χ4n) is 2.89. The number of halogens is 1. The van der Waals surface area contributed by atoms with E-state index in [-0.39, 0.29) is 22.1 Å². The van der Waals surface area contributed by atoms with Crippen molar-refractivity contribution in [2.75, 3.05) is 11.3 Å². The van der Waals surface area contributed by atoms with E-state index >= 15 is 0 Å². The van der Waals surface area contributed by atoms with E-state index in [9.17, 15) is 17.6 Å². The van der Waals surface area contributed by atoms with E-state index in [1.54, 1.807) is 17.0 Å². The second-order valence-corrected chi connectivity index (χ2v) is 8.28. The predicted molar refractivity (Wildman–Crippen MR) is 115 cm³/mol. The van der Waals surface area contributed by atoms with Crippen molar-refractivity contribution in [2.45, 2.75) is 11.4 Å². The summed E-state index contributed by atoms with van der Waals surface area (Å²) in [7, 11) is -3.94. The van der Waals surface area contributed by atoms with Crippen LogP contribution in [-0.2, 0) is 16.6 Å². The van der Waals surface area contributed by atoms with Crippen molar-refractivity contribution in [1.82, 2.24) is 4.90 Å². The topological polar surface area (TPSA) is 66.5 Å². The van der Waals surface area contributed by atoms with E-state index in [1.165, 1.54) is 30.3 Å². The van der Waals surface area contributed by atoms with Crippen molar-refractivity contribution in [3.63, 3.8) is 0 Å². The molecule has 1 amide bonds. The zero-order valence-corrected chi connectivity index (χ0v) is 17.0. The van der Waals surface area contributed by atoms with E-state index in [1.807, 2.05) is 30.3 Å². The van der Waals surface area contributed by atoms with Gasteiger partial charge in [0.05, 0.1) is 4.90 Å². The summed E-state index contributed by atoms with van der Waals surface area (Å²) in [6.45, 7) is 4.39. The second kappa shape index (κ2) is 9.37. The number of benzene rings is 3. The number of rotatable bonds is 8. The number of hydrogen-bond donors (Lipinski definition) is 1. The Morgan fingerprint density at radius 1 is 1.00 bits per heavy atom. The lowest BCUT2D eigenvalue weighted by Gasteiger charge is -2.21. The molecule has 3 aromatic carbocycles. The molecule has 0 fully saturated rings. The molecular weight excluding hydrogens is 403 g/mol. The maximum atomic E-state index is 13.1. The molecule has 0 atom stereocenters. The lowest BCUT2D eigenvalue weighted by molar-refractivity contribution is 0.0762. The fraction of sp³-hybridized carbons (Fsp3) is 0.0870. The van der Waals surface area contributed by atoms with Crippen molar-refractivity contribution in [1.29, 1.82) is 0 Å². The van der Waals surface area contributed by atoms with Crippen LogP contribution < -0.4 is 4.72 Å². The van der Waals surface area contributed by atoms with Gasteiger partial charge in [0, 0.05) is 24.3 Å². The molecule has 0 spiro atoms. The zero-order valence-electron chi connectivity index (χ0n) is 16.2. The first-order valence-electron chi connectivity index (χ1n) is 9.21. The standard InChI is InChI=1S/C23H21FN2O3S/c1-2-15-26(17-18-7-4-3-5-8-18)23(27)19-9-6-10-22(16-19)30(28,29)25-21-13-11-20(24)12-14-21/h2-14,16,25H,1,15,17H2. The summed E-state index contributed by atoms with van der Waals surface area (Å²) in [4.78, 5) is 14.6. The van der Waals surface area contributed by atoms with E-state index in [4.69, 9.17) is 0 Å². The number of nitrogens with zero attached hydrogens (tertiary/aromatic N) is 1. The summed E-state index contributed by atoms with van der Waals surface area (Å²) < 4.78 is 40.8. The van der Waals surface area contributed by atoms with Gasteiger partial charge in [-0.2, -0.15) is 0 Å². The molecule has 5 nitrogen and oxygen atoms in total. The Balaban J connectivity index is 1.84. The van der Waals surface area contributed by atoms with Gasteiger partial charge < -0.3 is 4.90 Å². The van der Waals surface area contributed by atoms with E-state index in [0.29, 0.717) is 13.1 Å². The van der Waals surface area contributed by atoms with Crippen LogP contribution in [0.5, 0.6) is 0 Å². The molecule has 7 heteroatoms. The smallest absolute Gasteiger partial charge is 0.261 e. The van der Waals surface area contributed by atoms with Gasteiger partial charge in [0.1, 0.15) is 5.82 Å². The van der Waals surface area contributed by atoms with Gasteiger partial charge in [-0.3, -0.25) is 9.52 Å². The highest BCUT2D eigenvalue weighted by Gasteiger charge is 2.20. The Bertz CT molecular complexity index is 1130. The van der Waals surface area contributed by atoms with Crippen LogP contribution in [0.1, 0.15) is 15.9 Å². The van der Waals surface area contributed by atoms with Gasteiger partial charge in [-0.05, 0) is 48.0 Å². The van der Waals surface area contributed by atoms with Crippen LogP contribution in [-0.4, -0.2) is 25.8 Å². The van der Waals surface area contributed by atoms with Crippen LogP contribution in [0.2, 0.25) is 0 Å². The van der Waals surface area contributed by atoms with Gasteiger partial charge in [-0.25, -0.2) is 12.8 Å². The fourth-order valence-corrected chi connectivity index (χ4v) is 3.99. The zero-order chi connectivity index (χ0) is 21.6. The number of carbonyl (C=O) groups excluding carboxylic acids is 1. The third-order valence-electron chi connectivity index (χ3n) is 4.34. The lowest BCUT2D eigenvalue weighted by atomic mass is 10.1. The van der Waals surface area contributed by atoms with Gasteiger partial charge in [0.2, 0.25) is 0 Å². The Morgan fingerprint density at radius 3 is 2.37 bits per heavy atom. The van der Waals surface area contributed by atoms with E-state index < -0.39 is 15.8 Å². The molecule has 3 rings (SSSR count). The molecule has 0 saturated carbocycles. The predicted octanol–water partition coefficient (Wildman–Crippen LogP) is 4.45. The van der Waals surface area contributed by atoms with Crippen LogP contribution in [0.15, 0.2) is 96.4 Å². The number of carbonyl (C=O) groups is 1. The molecule has 0 unspecified atom stereocenters. The summed E-state index contributed by atoms with van der Waals surface area (Å²) in [6, 6.07) is 20.3. The molecule has 1 N–H and O–H groups in total. The maximum Gasteiger partial charge on any atom is 0.261 e. The molecule has 0 radical (unpaired) electrons. The minimum Gasteiger partial charge on any atom is -0.331 e. The molecule has 154 valence electrons. The highest BCUT2D eigenvalue weighted by molar-refractivity contribution is 7.92. The molecule has 0 aliphatic heterocycles. The quantitative estimate of drug-likeness (QED) is 0.543. The van der Waals surface area contributed by atoms with Crippen LogP contribution in [0.4, 0.5) is 10.1 Å². The van der Waals surface area contributed by atoms with Gasteiger partial charge in [0.15, 0.2) is 0 Å². The molecule has 3 aromatic rings. The summed E-state index contributed by atoms with van der Waals surface area (Å²) in [6.07, 6.45) is 1.62. The Morgan fingerprint density at radius 2 is 1.70 bits per heavy atom. The van der Waals surface area contributed by atoms with Crippen LogP contribution in [0.25, 0.3) is 0 Å². The Labute approximate surface area is 175 Å². The van der Waals surface area contributed by atoms with Crippen molar-refractivity contribution < 1.29 is 17.6 Å². The first-order chi connectivity index (χ1) is 14.4. The Hall–Kier alpha value is -3.45. The number of anilines is 1. The van der Waals surface area contributed by atoms with Gasteiger partial charge in [-0.1, -0.05) is 42.5 Å². The number of nitrogens with one attached hydrogen (secondary N) is 1. The SMILES string of the molecule is C=CCN(Cc1ccccc1)C(=O)c1cccc(S(=O)(=O)Nc2ccc(F)cc2)c1. The molecule has 0 saturated heterocycles. The number of sulfonamides is 1. The average Bonchev–Trinajstić information content (AvgIpc) is 2.75. The van der Waals surface area contributed by atoms with Crippen LogP contribution in [0.3, 0.4) is 0 Å². The average molecular weight is 424 g/mol. The van der Waals surface area contributed by atoms with E-state index in [2.05, 4.69) is 11.3 Å². The molecule has 30 heavy (non-hydrogen) atoms. The molecule has 0 bridgehead atoms.